The molecule has 6 heteroatoms. The number of hydrogen-bond donors (Lipinski definition) is 1. The monoisotopic (exact) mass is 249 g/mol. The third-order valence-electron chi connectivity index (χ3n) is 2.98. The molecule has 0 aromatic carbocycles. The van der Waals surface area contributed by atoms with Gasteiger partial charge in [-0.1, -0.05) is 6.42 Å². The van der Waals surface area contributed by atoms with Gasteiger partial charge in [0.15, 0.2) is 0 Å². The van der Waals surface area contributed by atoms with Crippen LogP contribution < -0.4 is 5.73 Å². The fraction of sp³-hybridized carbons (Fsp3) is 1.00. The highest BCUT2D eigenvalue weighted by Crippen LogP contribution is 2.21. The van der Waals surface area contributed by atoms with Crippen LogP contribution in [0.3, 0.4) is 0 Å². The minimum Gasteiger partial charge on any atom is -0.327 e. The summed E-state index contributed by atoms with van der Waals surface area (Å²) in [6.07, 6.45) is 3.02. The number of nitrogens with two attached hydrogens (primary N) is 1. The van der Waals surface area contributed by atoms with Gasteiger partial charge in [0, 0.05) is 32.2 Å². The normalized spacial score (nSPS) is 25.9. The molecule has 96 valence electrons. The van der Waals surface area contributed by atoms with Crippen molar-refractivity contribution in [1.29, 1.82) is 0 Å². The van der Waals surface area contributed by atoms with Crippen LogP contribution in [0.2, 0.25) is 0 Å². The second kappa shape index (κ2) is 5.44. The molecule has 0 aliphatic carbocycles. The summed E-state index contributed by atoms with van der Waals surface area (Å²) >= 11 is 0. The summed E-state index contributed by atoms with van der Waals surface area (Å²) in [6.45, 7) is 4.78. The molecule has 1 heterocycles. The molecule has 0 radical (unpaired) electrons. The zero-order valence-corrected chi connectivity index (χ0v) is 11.2. The molecule has 2 atom stereocenters. The summed E-state index contributed by atoms with van der Waals surface area (Å²) in [6, 6.07) is -0.0332. The zero-order chi connectivity index (χ0) is 12.3. The van der Waals surface area contributed by atoms with Crippen molar-refractivity contribution in [2.75, 3.05) is 20.1 Å². The van der Waals surface area contributed by atoms with Gasteiger partial charge >= 0.3 is 0 Å². The first-order chi connectivity index (χ1) is 7.35. The van der Waals surface area contributed by atoms with Crippen LogP contribution in [-0.2, 0) is 10.2 Å². The molecule has 1 rings (SSSR count). The molecular formula is C10H23N3O2S. The van der Waals surface area contributed by atoms with E-state index in [1.807, 2.05) is 13.8 Å². The molecular weight excluding hydrogens is 226 g/mol. The van der Waals surface area contributed by atoms with Crippen LogP contribution >= 0.6 is 0 Å². The average molecular weight is 249 g/mol. The van der Waals surface area contributed by atoms with Gasteiger partial charge in [-0.25, -0.2) is 0 Å². The molecule has 16 heavy (non-hydrogen) atoms. The van der Waals surface area contributed by atoms with E-state index in [2.05, 4.69) is 0 Å². The number of hydrogen-bond acceptors (Lipinski definition) is 3. The van der Waals surface area contributed by atoms with E-state index in [1.54, 1.807) is 11.4 Å². The Morgan fingerprint density at radius 2 is 2.12 bits per heavy atom. The molecule has 1 saturated heterocycles. The van der Waals surface area contributed by atoms with Gasteiger partial charge in [-0.3, -0.25) is 0 Å². The number of rotatable bonds is 4. The molecule has 2 N–H and O–H groups in total. The first-order valence-electron chi connectivity index (χ1n) is 5.84. The molecule has 0 amide bonds. The number of likely N-dealkylation sites (N-methyl/N-ethyl adjacent to an activating group) is 1. The van der Waals surface area contributed by atoms with E-state index in [9.17, 15) is 8.42 Å². The Labute approximate surface area is 98.8 Å². The molecule has 0 aromatic rings. The van der Waals surface area contributed by atoms with Gasteiger partial charge < -0.3 is 5.73 Å². The van der Waals surface area contributed by atoms with Gasteiger partial charge in [-0.2, -0.15) is 17.0 Å². The topological polar surface area (TPSA) is 66.6 Å². The summed E-state index contributed by atoms with van der Waals surface area (Å²) in [5.74, 6) is 0. The van der Waals surface area contributed by atoms with Crippen LogP contribution in [0, 0.1) is 0 Å². The van der Waals surface area contributed by atoms with Crippen molar-refractivity contribution in [2.45, 2.75) is 45.2 Å². The standard InChI is InChI=1S/C10H23N3O2S/c1-9(11)8-12(3)16(14,15)13-7-5-4-6-10(13)2/h9-10H,4-8,11H2,1-3H3. The minimum absolute atomic E-state index is 0.106. The molecule has 5 nitrogen and oxygen atoms in total. The molecule has 1 fully saturated rings. The van der Waals surface area contributed by atoms with E-state index in [0.717, 1.165) is 19.3 Å². The number of piperidine rings is 1. The second-order valence-corrected chi connectivity index (χ2v) is 6.71. The Morgan fingerprint density at radius 1 is 1.50 bits per heavy atom. The van der Waals surface area contributed by atoms with Crippen LogP contribution in [-0.4, -0.2) is 49.2 Å². The summed E-state index contributed by atoms with van der Waals surface area (Å²) in [7, 11) is -1.72. The van der Waals surface area contributed by atoms with E-state index < -0.39 is 10.2 Å². The molecule has 2 unspecified atom stereocenters. The maximum atomic E-state index is 12.2. The van der Waals surface area contributed by atoms with Gasteiger partial charge in [0.05, 0.1) is 0 Å². The molecule has 0 bridgehead atoms. The first kappa shape index (κ1) is 13.9. The van der Waals surface area contributed by atoms with Crippen molar-refractivity contribution in [2.24, 2.45) is 5.73 Å². The van der Waals surface area contributed by atoms with Crippen molar-refractivity contribution in [1.82, 2.24) is 8.61 Å². The summed E-state index contributed by atoms with van der Waals surface area (Å²) in [5, 5.41) is 0. The van der Waals surface area contributed by atoms with Crippen LogP contribution in [0.5, 0.6) is 0 Å². The molecule has 1 aliphatic rings. The molecule has 1 aliphatic heterocycles. The maximum absolute atomic E-state index is 12.2. The highest BCUT2D eigenvalue weighted by molar-refractivity contribution is 7.86. The van der Waals surface area contributed by atoms with Crippen molar-refractivity contribution in [3.05, 3.63) is 0 Å². The van der Waals surface area contributed by atoms with E-state index >= 15 is 0 Å². The summed E-state index contributed by atoms with van der Waals surface area (Å²) in [5.41, 5.74) is 5.63. The molecule has 0 spiro atoms. The fourth-order valence-electron chi connectivity index (χ4n) is 2.09. The van der Waals surface area contributed by atoms with Crippen molar-refractivity contribution in [3.63, 3.8) is 0 Å². The predicted octanol–water partition coefficient (Wildman–Crippen LogP) is 0.385. The van der Waals surface area contributed by atoms with Crippen molar-refractivity contribution < 1.29 is 8.42 Å². The van der Waals surface area contributed by atoms with E-state index in [0.29, 0.717) is 13.1 Å². The minimum atomic E-state index is -3.32. The maximum Gasteiger partial charge on any atom is 0.282 e. The van der Waals surface area contributed by atoms with Crippen LogP contribution in [0.4, 0.5) is 0 Å². The van der Waals surface area contributed by atoms with Crippen molar-refractivity contribution >= 4 is 10.2 Å². The lowest BCUT2D eigenvalue weighted by atomic mass is 10.1. The Hall–Kier alpha value is -0.170. The van der Waals surface area contributed by atoms with E-state index in [1.165, 1.54) is 4.31 Å². The molecule has 0 aromatic heterocycles. The smallest absolute Gasteiger partial charge is 0.282 e. The summed E-state index contributed by atoms with van der Waals surface area (Å²) in [4.78, 5) is 0. The highest BCUT2D eigenvalue weighted by Gasteiger charge is 2.32. The van der Waals surface area contributed by atoms with Gasteiger partial charge in [0.2, 0.25) is 0 Å². The van der Waals surface area contributed by atoms with Gasteiger partial charge in [0.25, 0.3) is 10.2 Å². The third kappa shape index (κ3) is 3.16. The van der Waals surface area contributed by atoms with E-state index in [4.69, 9.17) is 5.73 Å². The predicted molar refractivity (Wildman–Crippen MR) is 65.2 cm³/mol. The van der Waals surface area contributed by atoms with Gasteiger partial charge in [0.1, 0.15) is 0 Å². The molecule has 0 saturated carbocycles. The second-order valence-electron chi connectivity index (χ2n) is 4.72. The summed E-state index contributed by atoms with van der Waals surface area (Å²) < 4.78 is 27.4. The largest absolute Gasteiger partial charge is 0.327 e. The Kier molecular flexibility index (Phi) is 4.73. The fourth-order valence-corrected chi connectivity index (χ4v) is 3.79. The van der Waals surface area contributed by atoms with Gasteiger partial charge in [-0.05, 0) is 26.7 Å². The zero-order valence-electron chi connectivity index (χ0n) is 10.4. The van der Waals surface area contributed by atoms with Crippen molar-refractivity contribution in [3.8, 4) is 0 Å². The van der Waals surface area contributed by atoms with Crippen LogP contribution in [0.25, 0.3) is 0 Å². The Bertz CT molecular complexity index is 316. The lowest BCUT2D eigenvalue weighted by Gasteiger charge is -2.35. The quantitative estimate of drug-likeness (QED) is 0.783. The lowest BCUT2D eigenvalue weighted by molar-refractivity contribution is 0.249. The number of nitrogens with zero attached hydrogens (tertiary/aromatic N) is 2. The first-order valence-corrected chi connectivity index (χ1v) is 7.24. The highest BCUT2D eigenvalue weighted by atomic mass is 32.2. The Balaban J connectivity index is 2.75. The van der Waals surface area contributed by atoms with Crippen LogP contribution in [0.1, 0.15) is 33.1 Å². The Morgan fingerprint density at radius 3 is 2.62 bits per heavy atom. The van der Waals surface area contributed by atoms with Crippen LogP contribution in [0.15, 0.2) is 0 Å². The lowest BCUT2D eigenvalue weighted by Crippen LogP contribution is -2.50. The average Bonchev–Trinajstić information content (AvgIpc) is 2.16. The van der Waals surface area contributed by atoms with E-state index in [-0.39, 0.29) is 12.1 Å². The van der Waals surface area contributed by atoms with Gasteiger partial charge in [-0.15, -0.1) is 0 Å². The third-order valence-corrected chi connectivity index (χ3v) is 5.05. The SMILES string of the molecule is CC(N)CN(C)S(=O)(=O)N1CCCCC1C.